The first-order valence-electron chi connectivity index (χ1n) is 8.30. The van der Waals surface area contributed by atoms with Gasteiger partial charge in [-0.25, -0.2) is 0 Å². The second kappa shape index (κ2) is 9.19. The normalized spacial score (nSPS) is 14.0. The first-order chi connectivity index (χ1) is 12.8. The van der Waals surface area contributed by atoms with Crippen molar-refractivity contribution in [1.82, 2.24) is 5.32 Å². The molecular formula is C21H20F3NO2. The molecule has 2 unspecified atom stereocenters. The van der Waals surface area contributed by atoms with Crippen molar-refractivity contribution in [2.45, 2.75) is 24.7 Å². The molecule has 0 spiro atoms. The van der Waals surface area contributed by atoms with Crippen LogP contribution < -0.4 is 5.32 Å². The highest BCUT2D eigenvalue weighted by molar-refractivity contribution is 5.77. The number of hydrogen-bond donors (Lipinski definition) is 2. The third kappa shape index (κ3) is 6.42. The molecule has 0 saturated carbocycles. The van der Waals surface area contributed by atoms with Crippen LogP contribution >= 0.6 is 0 Å². The highest BCUT2D eigenvalue weighted by atomic mass is 19.4. The van der Waals surface area contributed by atoms with Gasteiger partial charge in [0.05, 0.1) is 5.56 Å². The first kappa shape index (κ1) is 20.5. The van der Waals surface area contributed by atoms with Gasteiger partial charge in [0.15, 0.2) is 0 Å². The Morgan fingerprint density at radius 1 is 1.15 bits per heavy atom. The van der Waals surface area contributed by atoms with Gasteiger partial charge in [0.1, 0.15) is 6.04 Å². The highest BCUT2D eigenvalue weighted by Crippen LogP contribution is 2.29. The summed E-state index contributed by atoms with van der Waals surface area (Å²) >= 11 is 0. The fraction of sp³-hybridized carbons (Fsp3) is 0.190. The zero-order valence-corrected chi connectivity index (χ0v) is 14.5. The molecule has 0 saturated heterocycles. The smallest absolute Gasteiger partial charge is 0.416 e. The molecule has 0 heterocycles. The van der Waals surface area contributed by atoms with Crippen LogP contribution in [0.15, 0.2) is 73.3 Å². The quantitative estimate of drug-likeness (QED) is 0.665. The van der Waals surface area contributed by atoms with E-state index in [0.29, 0.717) is 5.56 Å². The summed E-state index contributed by atoms with van der Waals surface area (Å²) in [6.45, 7) is 3.66. The predicted octanol–water partition coefficient (Wildman–Crippen LogP) is 4.56. The van der Waals surface area contributed by atoms with Crippen molar-refractivity contribution in [3.8, 4) is 0 Å². The standard InChI is InChI=1S/C21H20F3NO2/c1-2-18(14-16-9-6-10-17(13-16)21(22,23)24)25-19(20(26)27)12-11-15-7-4-3-5-8-15/h2-13,18-19,25H,1,14H2,(H,26,27)/b12-11+. The summed E-state index contributed by atoms with van der Waals surface area (Å²) in [7, 11) is 0. The van der Waals surface area contributed by atoms with E-state index in [0.717, 1.165) is 17.7 Å². The number of hydrogen-bond acceptors (Lipinski definition) is 2. The van der Waals surface area contributed by atoms with Gasteiger partial charge in [0.2, 0.25) is 0 Å². The lowest BCUT2D eigenvalue weighted by Gasteiger charge is -2.19. The molecule has 0 fully saturated rings. The van der Waals surface area contributed by atoms with Crippen LogP contribution in [0.3, 0.4) is 0 Å². The average Bonchev–Trinajstić information content (AvgIpc) is 2.64. The molecule has 0 aliphatic heterocycles. The van der Waals surface area contributed by atoms with E-state index in [2.05, 4.69) is 11.9 Å². The topological polar surface area (TPSA) is 49.3 Å². The summed E-state index contributed by atoms with van der Waals surface area (Å²) < 4.78 is 38.5. The van der Waals surface area contributed by atoms with Gasteiger partial charge in [-0.3, -0.25) is 10.1 Å². The van der Waals surface area contributed by atoms with E-state index in [1.165, 1.54) is 18.2 Å². The van der Waals surface area contributed by atoms with Gasteiger partial charge >= 0.3 is 12.1 Å². The Morgan fingerprint density at radius 2 is 1.85 bits per heavy atom. The Kier molecular flexibility index (Phi) is 6.96. The molecule has 6 heteroatoms. The van der Waals surface area contributed by atoms with Crippen molar-refractivity contribution >= 4 is 12.0 Å². The van der Waals surface area contributed by atoms with Gasteiger partial charge < -0.3 is 5.11 Å². The fourth-order valence-corrected chi connectivity index (χ4v) is 2.55. The van der Waals surface area contributed by atoms with Gasteiger partial charge in [-0.2, -0.15) is 13.2 Å². The number of alkyl halides is 3. The van der Waals surface area contributed by atoms with Crippen LogP contribution in [0.4, 0.5) is 13.2 Å². The van der Waals surface area contributed by atoms with Gasteiger partial charge in [0, 0.05) is 6.04 Å². The number of nitrogens with one attached hydrogen (secondary N) is 1. The maximum absolute atomic E-state index is 12.8. The van der Waals surface area contributed by atoms with Crippen molar-refractivity contribution in [2.75, 3.05) is 0 Å². The summed E-state index contributed by atoms with van der Waals surface area (Å²) in [5.74, 6) is -1.09. The molecule has 2 aromatic carbocycles. The number of rotatable bonds is 8. The largest absolute Gasteiger partial charge is 0.480 e. The Morgan fingerprint density at radius 3 is 2.44 bits per heavy atom. The molecule has 2 atom stereocenters. The van der Waals surface area contributed by atoms with Crippen LogP contribution in [0.1, 0.15) is 16.7 Å². The average molecular weight is 375 g/mol. The third-order valence-electron chi connectivity index (χ3n) is 3.93. The lowest BCUT2D eigenvalue weighted by molar-refractivity contribution is -0.138. The number of carboxylic acids is 1. The van der Waals surface area contributed by atoms with Crippen molar-refractivity contribution in [3.63, 3.8) is 0 Å². The molecule has 2 rings (SSSR count). The summed E-state index contributed by atoms with van der Waals surface area (Å²) in [4.78, 5) is 11.5. The SMILES string of the molecule is C=CC(Cc1cccc(C(F)(F)F)c1)NC(/C=C/c1ccccc1)C(=O)O. The number of aliphatic carboxylic acids is 1. The zero-order chi connectivity index (χ0) is 19.9. The molecule has 142 valence electrons. The fourth-order valence-electron chi connectivity index (χ4n) is 2.55. The number of benzene rings is 2. The van der Waals surface area contributed by atoms with Crippen LogP contribution in [0.5, 0.6) is 0 Å². The number of carboxylic acid groups (broad SMARTS) is 1. The van der Waals surface area contributed by atoms with Crippen LogP contribution in [0.2, 0.25) is 0 Å². The molecule has 0 aliphatic carbocycles. The molecule has 3 nitrogen and oxygen atoms in total. The van der Waals surface area contributed by atoms with Crippen LogP contribution in [0, 0.1) is 0 Å². The Labute approximate surface area is 155 Å². The van der Waals surface area contributed by atoms with Gasteiger partial charge in [-0.1, -0.05) is 66.8 Å². The first-order valence-corrected chi connectivity index (χ1v) is 8.30. The van der Waals surface area contributed by atoms with Crippen molar-refractivity contribution in [2.24, 2.45) is 0 Å². The predicted molar refractivity (Wildman–Crippen MR) is 99.2 cm³/mol. The second-order valence-electron chi connectivity index (χ2n) is 6.00. The summed E-state index contributed by atoms with van der Waals surface area (Å²) in [6, 6.07) is 12.7. The van der Waals surface area contributed by atoms with Crippen molar-refractivity contribution in [1.29, 1.82) is 0 Å². The molecule has 2 N–H and O–H groups in total. The molecule has 0 aromatic heterocycles. The molecule has 0 bridgehead atoms. The molecule has 2 aromatic rings. The van der Waals surface area contributed by atoms with E-state index in [1.54, 1.807) is 12.1 Å². The minimum Gasteiger partial charge on any atom is -0.480 e. The summed E-state index contributed by atoms with van der Waals surface area (Å²) in [5, 5.41) is 12.3. The van der Waals surface area contributed by atoms with E-state index in [1.807, 2.05) is 30.3 Å². The lowest BCUT2D eigenvalue weighted by atomic mass is 10.0. The third-order valence-corrected chi connectivity index (χ3v) is 3.93. The molecule has 27 heavy (non-hydrogen) atoms. The maximum Gasteiger partial charge on any atom is 0.416 e. The molecular weight excluding hydrogens is 355 g/mol. The van der Waals surface area contributed by atoms with E-state index in [-0.39, 0.29) is 6.42 Å². The number of halogens is 3. The van der Waals surface area contributed by atoms with Crippen LogP contribution in [0.25, 0.3) is 6.08 Å². The minimum atomic E-state index is -4.42. The Bertz CT molecular complexity index is 801. The second-order valence-corrected chi connectivity index (χ2v) is 6.00. The van der Waals surface area contributed by atoms with Gasteiger partial charge in [-0.15, -0.1) is 6.58 Å². The minimum absolute atomic E-state index is 0.191. The lowest BCUT2D eigenvalue weighted by Crippen LogP contribution is -2.42. The van der Waals surface area contributed by atoms with Crippen molar-refractivity contribution < 1.29 is 23.1 Å². The highest BCUT2D eigenvalue weighted by Gasteiger charge is 2.30. The Hall–Kier alpha value is -2.86. The van der Waals surface area contributed by atoms with Crippen molar-refractivity contribution in [3.05, 3.63) is 90.0 Å². The van der Waals surface area contributed by atoms with E-state index >= 15 is 0 Å². The van der Waals surface area contributed by atoms with E-state index in [4.69, 9.17) is 0 Å². The monoisotopic (exact) mass is 375 g/mol. The van der Waals surface area contributed by atoms with E-state index in [9.17, 15) is 23.1 Å². The maximum atomic E-state index is 12.8. The van der Waals surface area contributed by atoms with Gasteiger partial charge in [0.25, 0.3) is 0 Å². The summed E-state index contributed by atoms with van der Waals surface area (Å²) in [5.41, 5.74) is 0.554. The molecule has 0 aliphatic rings. The zero-order valence-electron chi connectivity index (χ0n) is 14.5. The van der Waals surface area contributed by atoms with Gasteiger partial charge in [-0.05, 0) is 23.6 Å². The Balaban J connectivity index is 2.10. The molecule has 0 amide bonds. The van der Waals surface area contributed by atoms with Crippen LogP contribution in [-0.4, -0.2) is 23.2 Å². The summed E-state index contributed by atoms with van der Waals surface area (Å²) in [6.07, 6.45) is 0.439. The van der Waals surface area contributed by atoms with E-state index < -0.39 is 29.8 Å². The number of carbonyl (C=O) groups is 1. The molecule has 0 radical (unpaired) electrons. The van der Waals surface area contributed by atoms with Crippen LogP contribution in [-0.2, 0) is 17.4 Å².